The van der Waals surface area contributed by atoms with Crippen molar-refractivity contribution in [2.45, 2.75) is 58.0 Å². The maximum atomic E-state index is 12.2. The maximum Gasteiger partial charge on any atom is 0.224 e. The lowest BCUT2D eigenvalue weighted by Crippen LogP contribution is -2.38. The molecule has 2 heterocycles. The van der Waals surface area contributed by atoms with Crippen LogP contribution in [0.3, 0.4) is 0 Å². The smallest absolute Gasteiger partial charge is 0.224 e. The summed E-state index contributed by atoms with van der Waals surface area (Å²) in [5.41, 5.74) is 0. The number of nitrogens with one attached hydrogen (secondary N) is 1. The summed E-state index contributed by atoms with van der Waals surface area (Å²) in [6.45, 7) is 3.56. The van der Waals surface area contributed by atoms with Crippen LogP contribution in [0.2, 0.25) is 0 Å². The first-order valence-corrected chi connectivity index (χ1v) is 8.07. The zero-order valence-electron chi connectivity index (χ0n) is 13.5. The Morgan fingerprint density at radius 2 is 2.32 bits per heavy atom. The van der Waals surface area contributed by atoms with Gasteiger partial charge >= 0.3 is 0 Å². The van der Waals surface area contributed by atoms with Gasteiger partial charge in [0.15, 0.2) is 0 Å². The van der Waals surface area contributed by atoms with Gasteiger partial charge in [-0.25, -0.2) is 4.98 Å². The number of rotatable bonds is 6. The number of carbonyl (C=O) groups excluding carboxylic acids is 2. The van der Waals surface area contributed by atoms with Crippen LogP contribution in [-0.2, 0) is 16.1 Å². The van der Waals surface area contributed by atoms with Crippen LogP contribution in [0, 0.1) is 6.92 Å². The molecule has 0 spiro atoms. The van der Waals surface area contributed by atoms with Crippen molar-refractivity contribution >= 4 is 11.8 Å². The highest BCUT2D eigenvalue weighted by molar-refractivity contribution is 5.79. The monoisotopic (exact) mass is 306 g/mol. The molecule has 6 nitrogen and oxygen atoms in total. The van der Waals surface area contributed by atoms with Gasteiger partial charge in [-0.1, -0.05) is 6.42 Å². The Labute approximate surface area is 131 Å². The number of hydrogen-bond acceptors (Lipinski definition) is 3. The van der Waals surface area contributed by atoms with E-state index in [0.29, 0.717) is 12.8 Å². The van der Waals surface area contributed by atoms with E-state index in [9.17, 15) is 9.59 Å². The molecule has 6 heteroatoms. The lowest BCUT2D eigenvalue weighted by atomic mass is 10.1. The van der Waals surface area contributed by atoms with Gasteiger partial charge in [0.1, 0.15) is 5.82 Å². The van der Waals surface area contributed by atoms with E-state index in [2.05, 4.69) is 14.9 Å². The van der Waals surface area contributed by atoms with Crippen molar-refractivity contribution < 1.29 is 9.59 Å². The molecule has 1 aliphatic heterocycles. The molecule has 1 aromatic heterocycles. The number of aromatic nitrogens is 2. The third kappa shape index (κ3) is 4.86. The highest BCUT2D eigenvalue weighted by Gasteiger charge is 2.20. The highest BCUT2D eigenvalue weighted by atomic mass is 16.2. The molecule has 1 atom stereocenters. The normalized spacial score (nSPS) is 18.6. The van der Waals surface area contributed by atoms with E-state index in [0.717, 1.165) is 44.6 Å². The van der Waals surface area contributed by atoms with E-state index in [1.165, 1.54) is 0 Å². The SMILES string of the molecule is Cc1nccn1CCCN(C)C(=O)CC1CCCCC(=O)N1. The molecule has 1 aliphatic rings. The van der Waals surface area contributed by atoms with Gasteiger partial charge < -0.3 is 14.8 Å². The molecule has 122 valence electrons. The van der Waals surface area contributed by atoms with Crippen LogP contribution in [0.4, 0.5) is 0 Å². The van der Waals surface area contributed by atoms with Crippen LogP contribution in [0.15, 0.2) is 12.4 Å². The fourth-order valence-electron chi connectivity index (χ4n) is 2.81. The molecule has 22 heavy (non-hydrogen) atoms. The van der Waals surface area contributed by atoms with Crippen LogP contribution >= 0.6 is 0 Å². The Balaban J connectivity index is 1.72. The topological polar surface area (TPSA) is 67.2 Å². The third-order valence-electron chi connectivity index (χ3n) is 4.23. The van der Waals surface area contributed by atoms with Crippen molar-refractivity contribution in [3.8, 4) is 0 Å². The summed E-state index contributed by atoms with van der Waals surface area (Å²) in [6, 6.07) is 0.000781. The van der Waals surface area contributed by atoms with Crippen molar-refractivity contribution in [1.82, 2.24) is 19.8 Å². The van der Waals surface area contributed by atoms with Gasteiger partial charge in [-0.05, 0) is 26.2 Å². The minimum atomic E-state index is 0.000781. The fourth-order valence-corrected chi connectivity index (χ4v) is 2.81. The largest absolute Gasteiger partial charge is 0.353 e. The summed E-state index contributed by atoms with van der Waals surface area (Å²) in [5.74, 6) is 1.18. The maximum absolute atomic E-state index is 12.2. The summed E-state index contributed by atoms with van der Waals surface area (Å²) in [4.78, 5) is 29.7. The number of amides is 2. The number of nitrogens with zero attached hydrogens (tertiary/aromatic N) is 3. The molecular weight excluding hydrogens is 280 g/mol. The van der Waals surface area contributed by atoms with Gasteiger partial charge in [0.25, 0.3) is 0 Å². The molecule has 0 saturated carbocycles. The predicted octanol–water partition coefficient (Wildman–Crippen LogP) is 1.49. The van der Waals surface area contributed by atoms with Gasteiger partial charge in [-0.3, -0.25) is 9.59 Å². The molecule has 0 bridgehead atoms. The van der Waals surface area contributed by atoms with Gasteiger partial charge in [0.05, 0.1) is 0 Å². The van der Waals surface area contributed by atoms with Crippen LogP contribution in [0.1, 0.15) is 44.3 Å². The van der Waals surface area contributed by atoms with Gasteiger partial charge in [0.2, 0.25) is 11.8 Å². The molecule has 2 rings (SSSR count). The van der Waals surface area contributed by atoms with Gasteiger partial charge in [-0.15, -0.1) is 0 Å². The zero-order chi connectivity index (χ0) is 15.9. The van der Waals surface area contributed by atoms with Crippen molar-refractivity contribution in [3.63, 3.8) is 0 Å². The van der Waals surface area contributed by atoms with E-state index in [1.807, 2.05) is 20.2 Å². The predicted molar refractivity (Wildman–Crippen MR) is 84.2 cm³/mol. The Kier molecular flexibility index (Phi) is 5.98. The Hall–Kier alpha value is -1.85. The summed E-state index contributed by atoms with van der Waals surface area (Å²) < 4.78 is 2.09. The Bertz CT molecular complexity index is 512. The first-order chi connectivity index (χ1) is 10.6. The van der Waals surface area contributed by atoms with Crippen LogP contribution < -0.4 is 5.32 Å². The number of imidazole rings is 1. The molecule has 1 aromatic rings. The summed E-state index contributed by atoms with van der Waals surface area (Å²) in [6.07, 6.45) is 8.49. The minimum absolute atomic E-state index is 0.000781. The van der Waals surface area contributed by atoms with Crippen molar-refractivity contribution in [2.75, 3.05) is 13.6 Å². The van der Waals surface area contributed by atoms with Crippen LogP contribution in [0.25, 0.3) is 0 Å². The average Bonchev–Trinajstić information content (AvgIpc) is 2.76. The van der Waals surface area contributed by atoms with Crippen molar-refractivity contribution in [3.05, 3.63) is 18.2 Å². The second-order valence-corrected chi connectivity index (χ2v) is 6.05. The first kappa shape index (κ1) is 16.5. The molecule has 2 amide bonds. The second-order valence-electron chi connectivity index (χ2n) is 6.05. The van der Waals surface area contributed by atoms with Crippen LogP contribution in [0.5, 0.6) is 0 Å². The Morgan fingerprint density at radius 1 is 1.50 bits per heavy atom. The van der Waals surface area contributed by atoms with Crippen molar-refractivity contribution in [2.24, 2.45) is 0 Å². The highest BCUT2D eigenvalue weighted by Crippen LogP contribution is 2.13. The van der Waals surface area contributed by atoms with Gasteiger partial charge in [0, 0.05) is 51.4 Å². The number of carbonyl (C=O) groups is 2. The lowest BCUT2D eigenvalue weighted by Gasteiger charge is -2.21. The average molecular weight is 306 g/mol. The molecule has 0 aromatic carbocycles. The first-order valence-electron chi connectivity index (χ1n) is 8.07. The fraction of sp³-hybridized carbons (Fsp3) is 0.688. The minimum Gasteiger partial charge on any atom is -0.353 e. The quantitative estimate of drug-likeness (QED) is 0.866. The van der Waals surface area contributed by atoms with E-state index in [4.69, 9.17) is 0 Å². The molecular formula is C16H26N4O2. The molecule has 0 aliphatic carbocycles. The summed E-state index contributed by atoms with van der Waals surface area (Å²) >= 11 is 0. The summed E-state index contributed by atoms with van der Waals surface area (Å²) in [7, 11) is 1.83. The van der Waals surface area contributed by atoms with E-state index in [1.54, 1.807) is 11.1 Å². The lowest BCUT2D eigenvalue weighted by molar-refractivity contribution is -0.130. The van der Waals surface area contributed by atoms with Crippen LogP contribution in [-0.4, -0.2) is 45.9 Å². The molecule has 1 unspecified atom stereocenters. The van der Waals surface area contributed by atoms with Gasteiger partial charge in [-0.2, -0.15) is 0 Å². The summed E-state index contributed by atoms with van der Waals surface area (Å²) in [5, 5.41) is 2.95. The van der Waals surface area contributed by atoms with Crippen molar-refractivity contribution in [1.29, 1.82) is 0 Å². The second kappa shape index (κ2) is 7.96. The molecule has 1 N–H and O–H groups in total. The molecule has 1 saturated heterocycles. The zero-order valence-corrected chi connectivity index (χ0v) is 13.5. The Morgan fingerprint density at radius 3 is 3.05 bits per heavy atom. The standard InChI is InChI=1S/C16H26N4O2/c1-13-17-8-11-20(13)10-5-9-19(2)16(22)12-14-6-3-4-7-15(21)18-14/h8,11,14H,3-7,9-10,12H2,1-2H3,(H,18,21). The molecule has 0 radical (unpaired) electrons. The third-order valence-corrected chi connectivity index (χ3v) is 4.23. The number of hydrogen-bond donors (Lipinski definition) is 1. The van der Waals surface area contributed by atoms with E-state index < -0.39 is 0 Å². The molecule has 1 fully saturated rings. The number of aryl methyl sites for hydroxylation is 2. The van der Waals surface area contributed by atoms with E-state index >= 15 is 0 Å². The van der Waals surface area contributed by atoms with E-state index in [-0.39, 0.29) is 17.9 Å².